The topological polar surface area (TPSA) is 89.0 Å². The maximum atomic E-state index is 5.18. The fourth-order valence-corrected chi connectivity index (χ4v) is 5.36. The van der Waals surface area contributed by atoms with Crippen molar-refractivity contribution in [3.05, 3.63) is 77.4 Å². The van der Waals surface area contributed by atoms with Crippen molar-refractivity contribution < 1.29 is 4.52 Å². The van der Waals surface area contributed by atoms with Crippen LogP contribution in [0.4, 0.5) is 0 Å². The second kappa shape index (κ2) is 10.3. The molecule has 0 amide bonds. The highest BCUT2D eigenvalue weighted by Crippen LogP contribution is 2.32. The molecular weight excluding hydrogens is 452 g/mol. The van der Waals surface area contributed by atoms with Crippen LogP contribution in [-0.2, 0) is 6.54 Å². The Kier molecular flexibility index (Phi) is 6.57. The summed E-state index contributed by atoms with van der Waals surface area (Å²) in [5, 5.41) is 17.1. The number of hydrogen-bond donors (Lipinski definition) is 0. The lowest BCUT2D eigenvalue weighted by atomic mass is 9.91. The number of tetrazole rings is 1. The van der Waals surface area contributed by atoms with Gasteiger partial charge >= 0.3 is 0 Å². The maximum Gasteiger partial charge on any atom is 0.223 e. The molecule has 1 aliphatic carbocycles. The zero-order valence-corrected chi connectivity index (χ0v) is 20.7. The SMILES string of the molecule is Cc1nc(-c2ccc(C(c3nnnn3Cc3ccccc3)N3CCCN(C4CCC4)CC3)cc2)no1. The second-order valence-electron chi connectivity index (χ2n) is 9.85. The summed E-state index contributed by atoms with van der Waals surface area (Å²) in [7, 11) is 0. The van der Waals surface area contributed by atoms with Gasteiger partial charge in [-0.3, -0.25) is 9.80 Å². The highest BCUT2D eigenvalue weighted by molar-refractivity contribution is 5.55. The van der Waals surface area contributed by atoms with Gasteiger partial charge in [-0.25, -0.2) is 4.68 Å². The molecule has 0 bridgehead atoms. The minimum Gasteiger partial charge on any atom is -0.339 e. The van der Waals surface area contributed by atoms with Crippen molar-refractivity contribution in [1.29, 1.82) is 0 Å². The molecule has 2 aliphatic rings. The lowest BCUT2D eigenvalue weighted by Crippen LogP contribution is -2.42. The smallest absolute Gasteiger partial charge is 0.223 e. The van der Waals surface area contributed by atoms with Gasteiger partial charge in [0.05, 0.1) is 12.6 Å². The van der Waals surface area contributed by atoms with E-state index in [1.165, 1.54) is 36.9 Å². The van der Waals surface area contributed by atoms with Gasteiger partial charge in [0.25, 0.3) is 0 Å². The lowest BCUT2D eigenvalue weighted by Gasteiger charge is -2.37. The van der Waals surface area contributed by atoms with Gasteiger partial charge in [0.15, 0.2) is 5.82 Å². The minimum atomic E-state index is -0.0360. The van der Waals surface area contributed by atoms with Gasteiger partial charge in [-0.05, 0) is 47.4 Å². The van der Waals surface area contributed by atoms with Crippen molar-refractivity contribution in [3.63, 3.8) is 0 Å². The van der Waals surface area contributed by atoms with Crippen LogP contribution in [-0.4, -0.2) is 72.4 Å². The van der Waals surface area contributed by atoms with E-state index in [0.717, 1.165) is 43.5 Å². The predicted molar refractivity (Wildman–Crippen MR) is 135 cm³/mol. The average molecular weight is 485 g/mol. The van der Waals surface area contributed by atoms with Crippen molar-refractivity contribution in [2.24, 2.45) is 0 Å². The average Bonchev–Trinajstić information content (AvgIpc) is 3.44. The largest absolute Gasteiger partial charge is 0.339 e. The molecule has 0 radical (unpaired) electrons. The van der Waals surface area contributed by atoms with E-state index >= 15 is 0 Å². The third-order valence-corrected chi connectivity index (χ3v) is 7.51. The van der Waals surface area contributed by atoms with Crippen molar-refractivity contribution in [2.45, 2.75) is 51.2 Å². The summed E-state index contributed by atoms with van der Waals surface area (Å²) in [6.07, 6.45) is 5.20. The van der Waals surface area contributed by atoms with E-state index in [2.05, 4.69) is 84.0 Å². The standard InChI is InChI=1S/C27H32N8O/c1-20-28-26(30-36-20)23-13-11-22(12-14-23)25(34-16-6-15-33(17-18-34)24-9-5-10-24)27-29-31-32-35(27)19-21-7-3-2-4-8-21/h2-4,7-8,11-14,24-25H,5-6,9-10,15-19H2,1H3. The molecule has 2 fully saturated rings. The Balaban J connectivity index is 1.32. The first-order valence-electron chi connectivity index (χ1n) is 12.9. The molecule has 9 heteroatoms. The molecule has 36 heavy (non-hydrogen) atoms. The zero-order valence-electron chi connectivity index (χ0n) is 20.7. The molecule has 6 rings (SSSR count). The molecule has 2 aromatic carbocycles. The second-order valence-corrected chi connectivity index (χ2v) is 9.85. The van der Waals surface area contributed by atoms with Crippen molar-refractivity contribution in [2.75, 3.05) is 26.2 Å². The van der Waals surface area contributed by atoms with E-state index in [1.807, 2.05) is 10.7 Å². The van der Waals surface area contributed by atoms with Gasteiger partial charge in [0, 0.05) is 38.2 Å². The van der Waals surface area contributed by atoms with Crippen LogP contribution in [0, 0.1) is 6.92 Å². The predicted octanol–water partition coefficient (Wildman–Crippen LogP) is 3.73. The molecule has 1 unspecified atom stereocenters. The summed E-state index contributed by atoms with van der Waals surface area (Å²) < 4.78 is 7.13. The maximum absolute atomic E-state index is 5.18. The van der Waals surface area contributed by atoms with E-state index in [0.29, 0.717) is 18.3 Å². The molecule has 0 N–H and O–H groups in total. The molecule has 1 saturated heterocycles. The van der Waals surface area contributed by atoms with Crippen LogP contribution in [0.5, 0.6) is 0 Å². The van der Waals surface area contributed by atoms with E-state index < -0.39 is 0 Å². The Hall–Kier alpha value is -3.43. The quantitative estimate of drug-likeness (QED) is 0.392. The molecular formula is C27H32N8O. The van der Waals surface area contributed by atoms with E-state index in [9.17, 15) is 0 Å². The van der Waals surface area contributed by atoms with Gasteiger partial charge in [-0.1, -0.05) is 66.2 Å². The fourth-order valence-electron chi connectivity index (χ4n) is 5.36. The van der Waals surface area contributed by atoms with E-state index in [4.69, 9.17) is 4.52 Å². The lowest BCUT2D eigenvalue weighted by molar-refractivity contribution is 0.127. The summed E-state index contributed by atoms with van der Waals surface area (Å²) in [4.78, 5) is 9.62. The molecule has 9 nitrogen and oxygen atoms in total. The molecule has 2 aromatic heterocycles. The third-order valence-electron chi connectivity index (χ3n) is 7.51. The normalized spacial score (nSPS) is 18.6. The molecule has 4 aromatic rings. The Labute approximate surface area is 211 Å². The Morgan fingerprint density at radius 2 is 1.78 bits per heavy atom. The minimum absolute atomic E-state index is 0.0360. The number of hydrogen-bond acceptors (Lipinski definition) is 8. The number of rotatable bonds is 7. The van der Waals surface area contributed by atoms with Crippen LogP contribution in [0.25, 0.3) is 11.4 Å². The van der Waals surface area contributed by atoms with Crippen LogP contribution in [0.15, 0.2) is 59.1 Å². The van der Waals surface area contributed by atoms with Gasteiger partial charge in [0.1, 0.15) is 0 Å². The highest BCUT2D eigenvalue weighted by Gasteiger charge is 2.32. The zero-order chi connectivity index (χ0) is 24.3. The summed E-state index contributed by atoms with van der Waals surface area (Å²) in [6, 6.07) is 19.5. The van der Waals surface area contributed by atoms with E-state index in [-0.39, 0.29) is 6.04 Å². The first-order valence-corrected chi connectivity index (χ1v) is 12.9. The first-order chi connectivity index (χ1) is 17.7. The van der Waals surface area contributed by atoms with Crippen LogP contribution >= 0.6 is 0 Å². The monoisotopic (exact) mass is 484 g/mol. The van der Waals surface area contributed by atoms with E-state index in [1.54, 1.807) is 6.92 Å². The van der Waals surface area contributed by atoms with Gasteiger partial charge in [0.2, 0.25) is 11.7 Å². The number of benzene rings is 2. The van der Waals surface area contributed by atoms with Gasteiger partial charge in [-0.15, -0.1) is 5.10 Å². The van der Waals surface area contributed by atoms with Crippen LogP contribution in [0.1, 0.15) is 54.6 Å². The highest BCUT2D eigenvalue weighted by atomic mass is 16.5. The van der Waals surface area contributed by atoms with Crippen molar-refractivity contribution >= 4 is 0 Å². The molecule has 1 atom stereocenters. The van der Waals surface area contributed by atoms with Crippen LogP contribution in [0.3, 0.4) is 0 Å². The van der Waals surface area contributed by atoms with Crippen molar-refractivity contribution in [3.8, 4) is 11.4 Å². The summed E-state index contributed by atoms with van der Waals surface area (Å²) in [5.41, 5.74) is 3.28. The summed E-state index contributed by atoms with van der Waals surface area (Å²) in [5.74, 6) is 2.04. The fraction of sp³-hybridized carbons (Fsp3) is 0.444. The Morgan fingerprint density at radius 3 is 2.50 bits per heavy atom. The number of aromatic nitrogens is 6. The van der Waals surface area contributed by atoms with Crippen LogP contribution < -0.4 is 0 Å². The summed E-state index contributed by atoms with van der Waals surface area (Å²) in [6.45, 7) is 6.70. The molecule has 0 spiro atoms. The van der Waals surface area contributed by atoms with Gasteiger partial charge in [-0.2, -0.15) is 4.98 Å². The van der Waals surface area contributed by atoms with Crippen molar-refractivity contribution in [1.82, 2.24) is 40.1 Å². The molecule has 3 heterocycles. The number of nitrogens with zero attached hydrogens (tertiary/aromatic N) is 8. The summed E-state index contributed by atoms with van der Waals surface area (Å²) >= 11 is 0. The Bertz CT molecular complexity index is 1260. The van der Waals surface area contributed by atoms with Crippen LogP contribution in [0.2, 0.25) is 0 Å². The molecule has 1 saturated carbocycles. The molecule has 186 valence electrons. The first kappa shape index (κ1) is 23.0. The third kappa shape index (κ3) is 4.81. The molecule has 1 aliphatic heterocycles. The number of aryl methyl sites for hydroxylation is 1. The van der Waals surface area contributed by atoms with Gasteiger partial charge < -0.3 is 4.52 Å². The Morgan fingerprint density at radius 1 is 0.944 bits per heavy atom.